The second-order valence-corrected chi connectivity index (χ2v) is 5.67. The fourth-order valence-corrected chi connectivity index (χ4v) is 2.94. The molecule has 0 radical (unpaired) electrons. The van der Waals surface area contributed by atoms with Crippen molar-refractivity contribution in [3.63, 3.8) is 0 Å². The summed E-state index contributed by atoms with van der Waals surface area (Å²) in [6.45, 7) is 1.64. The number of rotatable bonds is 4. The van der Waals surface area contributed by atoms with Gasteiger partial charge in [0, 0.05) is 43.1 Å². The lowest BCUT2D eigenvalue weighted by molar-refractivity contribution is 0.0961. The topological polar surface area (TPSA) is 63.5 Å². The van der Waals surface area contributed by atoms with Crippen molar-refractivity contribution < 1.29 is 14.3 Å². The largest absolute Gasteiger partial charge is 0.486 e. The standard InChI is InChI=1S/C17H17N3O3/c21-15(12-1-2-16-17(9-12)23-8-7-22-16)4-6-20-14-11-18-5-3-13(14)10-19-20/h1-3,5,9-11,13-14H,4,6-8H2. The number of hydrazone groups is 1. The predicted octanol–water partition coefficient (Wildman–Crippen LogP) is 1.91. The molecule has 118 valence electrons. The number of carbonyl (C=O) groups excluding carboxylic acids is 1. The van der Waals surface area contributed by atoms with Crippen LogP contribution in [0.25, 0.3) is 0 Å². The van der Waals surface area contributed by atoms with Crippen molar-refractivity contribution in [3.05, 3.63) is 36.0 Å². The van der Waals surface area contributed by atoms with E-state index in [0.29, 0.717) is 43.2 Å². The van der Waals surface area contributed by atoms with Crippen LogP contribution in [-0.2, 0) is 0 Å². The summed E-state index contributed by atoms with van der Waals surface area (Å²) in [5.74, 6) is 1.68. The maximum absolute atomic E-state index is 12.4. The van der Waals surface area contributed by atoms with Crippen molar-refractivity contribution in [1.82, 2.24) is 5.01 Å². The molecule has 2 atom stereocenters. The van der Waals surface area contributed by atoms with E-state index in [1.54, 1.807) is 24.4 Å². The molecular weight excluding hydrogens is 294 g/mol. The number of fused-ring (bicyclic) bond motifs is 2. The summed E-state index contributed by atoms with van der Waals surface area (Å²) in [5.41, 5.74) is 0.645. The zero-order valence-corrected chi connectivity index (χ0v) is 12.6. The maximum atomic E-state index is 12.4. The van der Waals surface area contributed by atoms with Crippen LogP contribution in [0.2, 0.25) is 0 Å². The average Bonchev–Trinajstić information content (AvgIpc) is 3.02. The van der Waals surface area contributed by atoms with Gasteiger partial charge in [0.15, 0.2) is 17.3 Å². The fourth-order valence-electron chi connectivity index (χ4n) is 2.94. The Morgan fingerprint density at radius 1 is 1.22 bits per heavy atom. The van der Waals surface area contributed by atoms with Gasteiger partial charge in [-0.15, -0.1) is 0 Å². The van der Waals surface area contributed by atoms with E-state index in [-0.39, 0.29) is 17.7 Å². The first-order valence-electron chi connectivity index (χ1n) is 7.75. The summed E-state index contributed by atoms with van der Waals surface area (Å²) in [7, 11) is 0. The molecule has 1 aromatic carbocycles. The summed E-state index contributed by atoms with van der Waals surface area (Å²) in [6, 6.07) is 5.48. The highest BCUT2D eigenvalue weighted by Crippen LogP contribution is 2.31. The van der Waals surface area contributed by atoms with Crippen molar-refractivity contribution >= 4 is 18.2 Å². The van der Waals surface area contributed by atoms with Crippen molar-refractivity contribution in [2.45, 2.75) is 12.5 Å². The zero-order valence-electron chi connectivity index (χ0n) is 12.6. The van der Waals surface area contributed by atoms with Gasteiger partial charge >= 0.3 is 0 Å². The van der Waals surface area contributed by atoms with Gasteiger partial charge in [-0.3, -0.25) is 14.8 Å². The van der Waals surface area contributed by atoms with Crippen LogP contribution >= 0.6 is 0 Å². The van der Waals surface area contributed by atoms with Gasteiger partial charge in [-0.1, -0.05) is 6.08 Å². The van der Waals surface area contributed by atoms with E-state index in [1.165, 1.54) is 0 Å². The van der Waals surface area contributed by atoms with Crippen LogP contribution in [0.4, 0.5) is 0 Å². The predicted molar refractivity (Wildman–Crippen MR) is 86.5 cm³/mol. The number of ketones is 1. The molecule has 6 nitrogen and oxygen atoms in total. The summed E-state index contributed by atoms with van der Waals surface area (Å²) < 4.78 is 11.0. The number of ether oxygens (including phenoxy) is 2. The molecule has 0 aromatic heterocycles. The van der Waals surface area contributed by atoms with Crippen LogP contribution in [0.5, 0.6) is 11.5 Å². The lowest BCUT2D eigenvalue weighted by Crippen LogP contribution is -2.35. The molecule has 4 rings (SSSR count). The molecule has 3 aliphatic heterocycles. The van der Waals surface area contributed by atoms with Gasteiger partial charge in [0.05, 0.1) is 6.04 Å². The molecular formula is C17H17N3O3. The van der Waals surface area contributed by atoms with E-state index in [0.717, 1.165) is 0 Å². The first-order valence-corrected chi connectivity index (χ1v) is 7.75. The molecule has 0 aliphatic carbocycles. The van der Waals surface area contributed by atoms with Crippen molar-refractivity contribution in [1.29, 1.82) is 0 Å². The minimum atomic E-state index is 0.0731. The van der Waals surface area contributed by atoms with E-state index in [9.17, 15) is 4.79 Å². The average molecular weight is 311 g/mol. The SMILES string of the molecule is O=C(CCN1N=CC2C=CN=CC21)c1ccc2c(c1)OCCO2. The van der Waals surface area contributed by atoms with Crippen LogP contribution in [0.1, 0.15) is 16.8 Å². The van der Waals surface area contributed by atoms with E-state index < -0.39 is 0 Å². The number of nitrogens with zero attached hydrogens (tertiary/aromatic N) is 3. The molecule has 3 heterocycles. The third-order valence-corrected chi connectivity index (χ3v) is 4.19. The van der Waals surface area contributed by atoms with Gasteiger partial charge in [-0.05, 0) is 18.2 Å². The Morgan fingerprint density at radius 2 is 2.09 bits per heavy atom. The second kappa shape index (κ2) is 5.87. The normalized spacial score (nSPS) is 23.9. The Balaban J connectivity index is 1.40. The maximum Gasteiger partial charge on any atom is 0.164 e. The highest BCUT2D eigenvalue weighted by molar-refractivity contribution is 5.97. The lowest BCUT2D eigenvalue weighted by Gasteiger charge is -2.24. The molecule has 2 unspecified atom stereocenters. The molecule has 0 spiro atoms. The third-order valence-electron chi connectivity index (χ3n) is 4.19. The molecule has 3 aliphatic rings. The minimum absolute atomic E-state index is 0.0731. The van der Waals surface area contributed by atoms with Gasteiger partial charge in [0.1, 0.15) is 13.2 Å². The van der Waals surface area contributed by atoms with Gasteiger partial charge in [-0.2, -0.15) is 5.10 Å². The zero-order chi connectivity index (χ0) is 15.6. The van der Waals surface area contributed by atoms with Gasteiger partial charge in [-0.25, -0.2) is 0 Å². The van der Waals surface area contributed by atoms with E-state index >= 15 is 0 Å². The number of carbonyl (C=O) groups is 1. The second-order valence-electron chi connectivity index (χ2n) is 5.67. The Hall–Kier alpha value is -2.63. The fraction of sp³-hybridized carbons (Fsp3) is 0.353. The van der Waals surface area contributed by atoms with Crippen LogP contribution in [0, 0.1) is 5.92 Å². The third kappa shape index (κ3) is 2.72. The van der Waals surface area contributed by atoms with Crippen LogP contribution < -0.4 is 9.47 Å². The number of hydrogen-bond acceptors (Lipinski definition) is 6. The van der Waals surface area contributed by atoms with E-state index in [1.807, 2.05) is 23.5 Å². The lowest BCUT2D eigenvalue weighted by atomic mass is 10.0. The Morgan fingerprint density at radius 3 is 3.00 bits per heavy atom. The van der Waals surface area contributed by atoms with Crippen molar-refractivity contribution in [2.24, 2.45) is 16.0 Å². The van der Waals surface area contributed by atoms with Crippen LogP contribution in [0.15, 0.2) is 40.6 Å². The monoisotopic (exact) mass is 311 g/mol. The highest BCUT2D eigenvalue weighted by Gasteiger charge is 2.29. The highest BCUT2D eigenvalue weighted by atomic mass is 16.6. The Labute approximate surface area is 134 Å². The van der Waals surface area contributed by atoms with Crippen LogP contribution in [0.3, 0.4) is 0 Å². The molecule has 6 heteroatoms. The molecule has 23 heavy (non-hydrogen) atoms. The molecule has 0 fully saturated rings. The molecule has 0 bridgehead atoms. The molecule has 1 aromatic rings. The minimum Gasteiger partial charge on any atom is -0.486 e. The molecule has 0 N–H and O–H groups in total. The number of Topliss-reactive ketones (excluding diaryl/α,β-unsaturated/α-hetero) is 1. The Kier molecular flexibility index (Phi) is 3.57. The van der Waals surface area contributed by atoms with Gasteiger partial charge in [0.2, 0.25) is 0 Å². The van der Waals surface area contributed by atoms with Crippen LogP contribution in [-0.4, -0.2) is 49.0 Å². The van der Waals surface area contributed by atoms with E-state index in [4.69, 9.17) is 9.47 Å². The first-order chi connectivity index (χ1) is 11.3. The molecule has 0 saturated carbocycles. The van der Waals surface area contributed by atoms with Gasteiger partial charge < -0.3 is 9.47 Å². The van der Waals surface area contributed by atoms with Crippen molar-refractivity contribution in [3.8, 4) is 11.5 Å². The summed E-state index contributed by atoms with van der Waals surface area (Å²) >= 11 is 0. The van der Waals surface area contributed by atoms with E-state index in [2.05, 4.69) is 10.1 Å². The summed E-state index contributed by atoms with van der Waals surface area (Å²) in [4.78, 5) is 16.6. The number of hydrogen-bond donors (Lipinski definition) is 0. The molecule has 0 amide bonds. The smallest absolute Gasteiger partial charge is 0.164 e. The van der Waals surface area contributed by atoms with Crippen molar-refractivity contribution in [2.75, 3.05) is 19.8 Å². The summed E-state index contributed by atoms with van der Waals surface area (Å²) in [6.07, 6.45) is 8.00. The first kappa shape index (κ1) is 14.0. The number of aliphatic imine (C=N–C) groups is 1. The number of benzene rings is 1. The quantitative estimate of drug-likeness (QED) is 0.797. The Bertz CT molecular complexity index is 711. The molecule has 0 saturated heterocycles. The van der Waals surface area contributed by atoms with Gasteiger partial charge in [0.25, 0.3) is 0 Å². The summed E-state index contributed by atoms with van der Waals surface area (Å²) in [5, 5.41) is 6.31.